The summed E-state index contributed by atoms with van der Waals surface area (Å²) >= 11 is 3.50. The topological polar surface area (TPSA) is 63.9 Å². The molecule has 2 heterocycles. The molecule has 3 rings (SSSR count). The lowest BCUT2D eigenvalue weighted by Crippen LogP contribution is -2.24. The fraction of sp³-hybridized carbons (Fsp3) is 0.333. The Morgan fingerprint density at radius 2 is 1.82 bits per heavy atom. The Labute approximate surface area is 173 Å². The van der Waals surface area contributed by atoms with Crippen molar-refractivity contribution in [2.75, 3.05) is 13.1 Å². The largest absolute Gasteiger partial charge is 0.296 e. The molecule has 0 bridgehead atoms. The number of aromatic nitrogens is 4. The minimum atomic E-state index is -0.124. The van der Waals surface area contributed by atoms with Crippen LogP contribution < -0.4 is 0 Å². The molecule has 0 unspecified atom stereocenters. The maximum atomic E-state index is 13.2. The van der Waals surface area contributed by atoms with Crippen LogP contribution in [0.1, 0.15) is 48.5 Å². The molecule has 0 aliphatic carbocycles. The lowest BCUT2D eigenvalue weighted by atomic mass is 10.0. The van der Waals surface area contributed by atoms with Gasteiger partial charge in [-0.1, -0.05) is 42.8 Å². The molecule has 0 aliphatic rings. The molecule has 6 nitrogen and oxygen atoms in total. The third kappa shape index (κ3) is 4.20. The van der Waals surface area contributed by atoms with Gasteiger partial charge in [0.2, 0.25) is 5.78 Å². The average molecular weight is 442 g/mol. The highest BCUT2D eigenvalue weighted by Gasteiger charge is 2.21. The van der Waals surface area contributed by atoms with Crippen molar-refractivity contribution in [2.45, 2.75) is 33.7 Å². The van der Waals surface area contributed by atoms with Gasteiger partial charge in [0.25, 0.3) is 0 Å². The number of nitrogens with zero attached hydrogens (tertiary/aromatic N) is 5. The first-order chi connectivity index (χ1) is 13.6. The van der Waals surface area contributed by atoms with E-state index in [-0.39, 0.29) is 5.78 Å². The van der Waals surface area contributed by atoms with Crippen molar-refractivity contribution < 1.29 is 4.79 Å². The number of hydrogen-bond donors (Lipinski definition) is 0. The summed E-state index contributed by atoms with van der Waals surface area (Å²) < 4.78 is 2.85. The predicted molar refractivity (Wildman–Crippen MR) is 113 cm³/mol. The predicted octanol–water partition coefficient (Wildman–Crippen LogP) is 4.06. The van der Waals surface area contributed by atoms with Crippen molar-refractivity contribution in [3.63, 3.8) is 0 Å². The summed E-state index contributed by atoms with van der Waals surface area (Å²) in [6.45, 7) is 8.81. The fourth-order valence-corrected chi connectivity index (χ4v) is 3.49. The van der Waals surface area contributed by atoms with Gasteiger partial charge in [-0.25, -0.2) is 0 Å². The van der Waals surface area contributed by atoms with Gasteiger partial charge in [-0.2, -0.15) is 0 Å². The zero-order chi connectivity index (χ0) is 20.1. The first kappa shape index (κ1) is 20.4. The molecule has 146 valence electrons. The summed E-state index contributed by atoms with van der Waals surface area (Å²) in [7, 11) is 0. The van der Waals surface area contributed by atoms with Gasteiger partial charge in [-0.15, -0.1) is 10.2 Å². The molecule has 28 heavy (non-hydrogen) atoms. The Bertz CT molecular complexity index is 951. The van der Waals surface area contributed by atoms with E-state index >= 15 is 0 Å². The molecular weight excluding hydrogens is 418 g/mol. The highest BCUT2D eigenvalue weighted by Crippen LogP contribution is 2.25. The van der Waals surface area contributed by atoms with E-state index in [2.05, 4.69) is 49.9 Å². The molecule has 2 aromatic heterocycles. The summed E-state index contributed by atoms with van der Waals surface area (Å²) in [4.78, 5) is 19.7. The van der Waals surface area contributed by atoms with Crippen LogP contribution in [0.5, 0.6) is 0 Å². The van der Waals surface area contributed by atoms with E-state index in [0.717, 1.165) is 41.3 Å². The second-order valence-electron chi connectivity index (χ2n) is 6.39. The van der Waals surface area contributed by atoms with E-state index in [9.17, 15) is 4.79 Å². The van der Waals surface area contributed by atoms with Crippen LogP contribution in [0.15, 0.2) is 47.1 Å². The Morgan fingerprint density at radius 1 is 1.07 bits per heavy atom. The first-order valence-electron chi connectivity index (χ1n) is 9.50. The zero-order valence-electron chi connectivity index (χ0n) is 16.4. The Balaban J connectivity index is 2.14. The van der Waals surface area contributed by atoms with E-state index in [1.54, 1.807) is 18.3 Å². The molecule has 3 aromatic rings. The molecule has 0 atom stereocenters. The van der Waals surface area contributed by atoms with E-state index in [4.69, 9.17) is 0 Å². The van der Waals surface area contributed by atoms with Gasteiger partial charge in [0.05, 0.1) is 12.2 Å². The van der Waals surface area contributed by atoms with Crippen LogP contribution in [0.4, 0.5) is 0 Å². The highest BCUT2D eigenvalue weighted by molar-refractivity contribution is 9.10. The number of pyridine rings is 1. The molecule has 0 saturated heterocycles. The van der Waals surface area contributed by atoms with Crippen LogP contribution in [0, 0.1) is 0 Å². The summed E-state index contributed by atoms with van der Waals surface area (Å²) in [5, 5.41) is 8.80. The van der Waals surface area contributed by atoms with Crippen molar-refractivity contribution in [1.82, 2.24) is 24.6 Å². The second kappa shape index (κ2) is 9.21. The van der Waals surface area contributed by atoms with Crippen LogP contribution in [0.2, 0.25) is 0 Å². The van der Waals surface area contributed by atoms with Crippen molar-refractivity contribution in [3.8, 4) is 5.69 Å². The smallest absolute Gasteiger partial charge is 0.213 e. The summed E-state index contributed by atoms with van der Waals surface area (Å²) in [6, 6.07) is 11.1. The molecule has 0 amide bonds. The summed E-state index contributed by atoms with van der Waals surface area (Å²) in [5.41, 5.74) is 1.77. The van der Waals surface area contributed by atoms with E-state index in [0.29, 0.717) is 17.8 Å². The van der Waals surface area contributed by atoms with Crippen LogP contribution in [0.25, 0.3) is 5.69 Å². The van der Waals surface area contributed by atoms with Gasteiger partial charge < -0.3 is 0 Å². The number of carbonyl (C=O) groups is 1. The van der Waals surface area contributed by atoms with Gasteiger partial charge >= 0.3 is 0 Å². The molecule has 0 saturated carbocycles. The lowest BCUT2D eigenvalue weighted by molar-refractivity contribution is 0.103. The number of rotatable bonds is 8. The maximum absolute atomic E-state index is 13.2. The van der Waals surface area contributed by atoms with Gasteiger partial charge in [0, 0.05) is 22.7 Å². The lowest BCUT2D eigenvalue weighted by Gasteiger charge is -2.19. The number of benzene rings is 1. The quantitative estimate of drug-likeness (QED) is 0.493. The minimum Gasteiger partial charge on any atom is -0.296 e. The second-order valence-corrected chi connectivity index (χ2v) is 7.30. The van der Waals surface area contributed by atoms with E-state index in [1.807, 2.05) is 35.8 Å². The molecule has 0 spiro atoms. The summed E-state index contributed by atoms with van der Waals surface area (Å²) in [5.74, 6) is 1.54. The normalized spacial score (nSPS) is 11.2. The average Bonchev–Trinajstić information content (AvgIpc) is 3.14. The van der Waals surface area contributed by atoms with Crippen molar-refractivity contribution >= 4 is 21.7 Å². The number of hydrogen-bond acceptors (Lipinski definition) is 5. The molecule has 0 fully saturated rings. The van der Waals surface area contributed by atoms with Gasteiger partial charge in [0.15, 0.2) is 5.82 Å². The van der Waals surface area contributed by atoms with Crippen molar-refractivity contribution in [3.05, 3.63) is 70.0 Å². The Kier molecular flexibility index (Phi) is 6.70. The molecular formula is C21H24BrN5O. The Morgan fingerprint density at radius 3 is 2.46 bits per heavy atom. The third-order valence-corrected chi connectivity index (χ3v) is 5.21. The highest BCUT2D eigenvalue weighted by atomic mass is 79.9. The summed E-state index contributed by atoms with van der Waals surface area (Å²) in [6.07, 6.45) is 2.35. The van der Waals surface area contributed by atoms with Crippen LogP contribution >= 0.6 is 15.9 Å². The number of halogens is 1. The molecule has 1 aromatic carbocycles. The van der Waals surface area contributed by atoms with Crippen LogP contribution in [-0.4, -0.2) is 43.5 Å². The molecule has 7 heteroatoms. The molecule has 0 aliphatic heterocycles. The standard InChI is InChI=1S/C21H24BrN5O/c1-4-19-24-25-20(14-26(5-2)6-3)27(19)18-11-10-15(22)13-16(18)21(28)17-9-7-8-12-23-17/h7-13H,4-6,14H2,1-3H3. The van der Waals surface area contributed by atoms with Crippen LogP contribution in [-0.2, 0) is 13.0 Å². The SMILES string of the molecule is CCc1nnc(CN(CC)CC)n1-c1ccc(Br)cc1C(=O)c1ccccn1. The Hall–Kier alpha value is -2.38. The maximum Gasteiger partial charge on any atom is 0.213 e. The number of ketones is 1. The van der Waals surface area contributed by atoms with Gasteiger partial charge in [0.1, 0.15) is 11.5 Å². The zero-order valence-corrected chi connectivity index (χ0v) is 18.0. The van der Waals surface area contributed by atoms with Crippen LogP contribution in [0.3, 0.4) is 0 Å². The van der Waals surface area contributed by atoms with Crippen molar-refractivity contribution in [1.29, 1.82) is 0 Å². The number of aryl methyl sites for hydroxylation is 1. The first-order valence-corrected chi connectivity index (χ1v) is 10.3. The number of carbonyl (C=O) groups excluding carboxylic acids is 1. The molecule has 0 N–H and O–H groups in total. The minimum absolute atomic E-state index is 0.124. The van der Waals surface area contributed by atoms with Gasteiger partial charge in [-0.3, -0.25) is 19.2 Å². The molecule has 0 radical (unpaired) electrons. The van der Waals surface area contributed by atoms with Crippen molar-refractivity contribution in [2.24, 2.45) is 0 Å². The van der Waals surface area contributed by atoms with Gasteiger partial charge in [-0.05, 0) is 43.4 Å². The monoisotopic (exact) mass is 441 g/mol. The van der Waals surface area contributed by atoms with E-state index in [1.165, 1.54) is 0 Å². The fourth-order valence-electron chi connectivity index (χ4n) is 3.13. The third-order valence-electron chi connectivity index (χ3n) is 4.71. The van der Waals surface area contributed by atoms with E-state index < -0.39 is 0 Å².